The lowest BCUT2D eigenvalue weighted by atomic mass is 10.2. The normalized spacial score (nSPS) is 10.9. The number of para-hydroxylation sites is 1. The Balaban J connectivity index is 1.93. The molecule has 0 saturated heterocycles. The zero-order valence-electron chi connectivity index (χ0n) is 16.2. The Morgan fingerprint density at radius 2 is 1.57 bits per heavy atom. The number of nitrogens with one attached hydrogen (secondary N) is 2. The van der Waals surface area contributed by atoms with E-state index in [-0.39, 0.29) is 16.3 Å². The third kappa shape index (κ3) is 4.61. The molecule has 3 aromatic rings. The predicted molar refractivity (Wildman–Crippen MR) is 113 cm³/mol. The molecule has 2 N–H and O–H groups in total. The number of anilines is 3. The number of nitro benzene ring substituents is 1. The molecule has 30 heavy (non-hydrogen) atoms. The molecule has 9 nitrogen and oxygen atoms in total. The van der Waals surface area contributed by atoms with E-state index in [1.807, 2.05) is 0 Å². The van der Waals surface area contributed by atoms with E-state index in [4.69, 9.17) is 9.47 Å². The molecule has 0 unspecified atom stereocenters. The van der Waals surface area contributed by atoms with Gasteiger partial charge in [-0.1, -0.05) is 18.2 Å². The van der Waals surface area contributed by atoms with Crippen LogP contribution in [0.2, 0.25) is 0 Å². The molecule has 3 aromatic carbocycles. The molecule has 0 saturated carbocycles. The molecule has 0 aliphatic rings. The van der Waals surface area contributed by atoms with Crippen LogP contribution in [0.4, 0.5) is 22.7 Å². The largest absolute Gasteiger partial charge is 0.493 e. The quantitative estimate of drug-likeness (QED) is 0.407. The second-order valence-corrected chi connectivity index (χ2v) is 7.78. The van der Waals surface area contributed by atoms with Gasteiger partial charge >= 0.3 is 0 Å². The highest BCUT2D eigenvalue weighted by Crippen LogP contribution is 2.34. The van der Waals surface area contributed by atoms with E-state index in [1.165, 1.54) is 26.4 Å². The lowest BCUT2D eigenvalue weighted by molar-refractivity contribution is -0.384. The average Bonchev–Trinajstić information content (AvgIpc) is 2.74. The predicted octanol–water partition coefficient (Wildman–Crippen LogP) is 4.16. The molecule has 156 valence electrons. The molecule has 10 heteroatoms. The molecule has 0 atom stereocenters. The van der Waals surface area contributed by atoms with Crippen LogP contribution >= 0.6 is 0 Å². The first-order valence-electron chi connectivity index (χ1n) is 8.69. The van der Waals surface area contributed by atoms with Gasteiger partial charge in [-0.25, -0.2) is 8.42 Å². The van der Waals surface area contributed by atoms with Crippen LogP contribution in [0.25, 0.3) is 0 Å². The van der Waals surface area contributed by atoms with Gasteiger partial charge in [-0.2, -0.15) is 0 Å². The molecule has 3 rings (SSSR count). The first-order chi connectivity index (χ1) is 14.3. The second kappa shape index (κ2) is 8.70. The summed E-state index contributed by atoms with van der Waals surface area (Å²) in [4.78, 5) is 10.7. The highest BCUT2D eigenvalue weighted by atomic mass is 32.2. The number of nitro groups is 1. The van der Waals surface area contributed by atoms with Crippen LogP contribution in [-0.2, 0) is 10.0 Å². The summed E-state index contributed by atoms with van der Waals surface area (Å²) in [7, 11) is -1.02. The summed E-state index contributed by atoms with van der Waals surface area (Å²) >= 11 is 0. The zero-order chi connectivity index (χ0) is 21.7. The molecular weight excluding hydrogens is 410 g/mol. The lowest BCUT2D eigenvalue weighted by Gasteiger charge is -2.13. The molecule has 0 amide bonds. The molecule has 0 aliphatic heterocycles. The molecule has 0 aromatic heterocycles. The van der Waals surface area contributed by atoms with Crippen molar-refractivity contribution in [3.63, 3.8) is 0 Å². The average molecular weight is 429 g/mol. The number of ether oxygens (including phenoxy) is 2. The van der Waals surface area contributed by atoms with Crippen LogP contribution in [0.15, 0.2) is 71.6 Å². The molecule has 0 heterocycles. The van der Waals surface area contributed by atoms with Crippen molar-refractivity contribution >= 4 is 32.8 Å². The van der Waals surface area contributed by atoms with Crippen molar-refractivity contribution in [3.05, 3.63) is 76.8 Å². The summed E-state index contributed by atoms with van der Waals surface area (Å²) in [5.41, 5.74) is 0.605. The van der Waals surface area contributed by atoms with Gasteiger partial charge < -0.3 is 14.8 Å². The Kier molecular flexibility index (Phi) is 6.07. The molecule has 0 spiro atoms. The van der Waals surface area contributed by atoms with Crippen LogP contribution < -0.4 is 19.5 Å². The highest BCUT2D eigenvalue weighted by Gasteiger charge is 2.22. The van der Waals surface area contributed by atoms with Crippen molar-refractivity contribution in [1.29, 1.82) is 0 Å². The molecule has 0 aliphatic carbocycles. The van der Waals surface area contributed by atoms with E-state index < -0.39 is 14.9 Å². The molecule has 0 bridgehead atoms. The fraction of sp³-hybridized carbons (Fsp3) is 0.100. The second-order valence-electron chi connectivity index (χ2n) is 6.10. The highest BCUT2D eigenvalue weighted by molar-refractivity contribution is 7.92. The smallest absolute Gasteiger partial charge is 0.294 e. The van der Waals surface area contributed by atoms with E-state index in [0.29, 0.717) is 22.9 Å². The third-order valence-electron chi connectivity index (χ3n) is 4.16. The number of hydrogen-bond acceptors (Lipinski definition) is 7. The Hall–Kier alpha value is -3.79. The van der Waals surface area contributed by atoms with Crippen LogP contribution in [0.1, 0.15) is 0 Å². The van der Waals surface area contributed by atoms with Crippen molar-refractivity contribution in [1.82, 2.24) is 0 Å². The number of benzene rings is 3. The molecule has 0 radical (unpaired) electrons. The number of sulfonamides is 1. The van der Waals surface area contributed by atoms with Gasteiger partial charge in [0.05, 0.1) is 24.0 Å². The number of nitrogens with zero attached hydrogens (tertiary/aromatic N) is 1. The molecule has 0 fully saturated rings. The van der Waals surface area contributed by atoms with Crippen LogP contribution in [-0.4, -0.2) is 27.6 Å². The lowest BCUT2D eigenvalue weighted by Crippen LogP contribution is -2.13. The number of rotatable bonds is 8. The van der Waals surface area contributed by atoms with Crippen molar-refractivity contribution in [2.45, 2.75) is 4.90 Å². The minimum atomic E-state index is -4.00. The monoisotopic (exact) mass is 429 g/mol. The number of methoxy groups -OCH3 is 2. The maximum Gasteiger partial charge on any atom is 0.294 e. The maximum atomic E-state index is 12.6. The van der Waals surface area contributed by atoms with E-state index >= 15 is 0 Å². The van der Waals surface area contributed by atoms with Gasteiger partial charge in [-0.15, -0.1) is 0 Å². The van der Waals surface area contributed by atoms with Gasteiger partial charge in [0.25, 0.3) is 15.7 Å². The van der Waals surface area contributed by atoms with Gasteiger partial charge in [0.15, 0.2) is 11.5 Å². The Morgan fingerprint density at radius 3 is 2.20 bits per heavy atom. The van der Waals surface area contributed by atoms with Gasteiger partial charge in [0, 0.05) is 23.5 Å². The van der Waals surface area contributed by atoms with Gasteiger partial charge in [-0.3, -0.25) is 14.8 Å². The Morgan fingerprint density at radius 1 is 0.867 bits per heavy atom. The minimum Gasteiger partial charge on any atom is -0.493 e. The first kappa shape index (κ1) is 20.9. The Labute approximate surface area is 173 Å². The summed E-state index contributed by atoms with van der Waals surface area (Å²) in [6, 6.07) is 16.8. The third-order valence-corrected chi connectivity index (χ3v) is 5.54. The van der Waals surface area contributed by atoms with E-state index in [9.17, 15) is 18.5 Å². The topological polar surface area (TPSA) is 120 Å². The van der Waals surface area contributed by atoms with Crippen molar-refractivity contribution in [2.24, 2.45) is 0 Å². The van der Waals surface area contributed by atoms with E-state index in [1.54, 1.807) is 48.5 Å². The van der Waals surface area contributed by atoms with Crippen LogP contribution in [0, 0.1) is 10.1 Å². The SMILES string of the molecule is COc1ccc(Nc2ccc(S(=O)(=O)Nc3ccccc3)cc2[N+](=O)[O-])cc1OC. The van der Waals surface area contributed by atoms with Gasteiger partial charge in [0.2, 0.25) is 0 Å². The summed E-state index contributed by atoms with van der Waals surface area (Å²) in [5.74, 6) is 0.947. The van der Waals surface area contributed by atoms with Crippen molar-refractivity contribution in [2.75, 3.05) is 24.3 Å². The van der Waals surface area contributed by atoms with Crippen LogP contribution in [0.3, 0.4) is 0 Å². The fourth-order valence-electron chi connectivity index (χ4n) is 2.73. The molecular formula is C20H19N3O6S. The summed E-state index contributed by atoms with van der Waals surface area (Å²) in [6.45, 7) is 0. The van der Waals surface area contributed by atoms with Gasteiger partial charge in [-0.05, 0) is 36.4 Å². The first-order valence-corrected chi connectivity index (χ1v) is 10.2. The Bertz CT molecular complexity index is 1170. The summed E-state index contributed by atoms with van der Waals surface area (Å²) < 4.78 is 38.0. The fourth-order valence-corrected chi connectivity index (χ4v) is 3.80. The minimum absolute atomic E-state index is 0.130. The van der Waals surface area contributed by atoms with Gasteiger partial charge in [0.1, 0.15) is 5.69 Å². The summed E-state index contributed by atoms with van der Waals surface area (Å²) in [5, 5.41) is 14.5. The van der Waals surface area contributed by atoms with E-state index in [2.05, 4.69) is 10.0 Å². The standard InChI is InChI=1S/C20H19N3O6S/c1-28-19-11-8-15(12-20(19)29-2)21-17-10-9-16(13-18(17)23(24)25)30(26,27)22-14-6-4-3-5-7-14/h3-13,21-22H,1-2H3. The number of hydrogen-bond donors (Lipinski definition) is 2. The van der Waals surface area contributed by atoms with E-state index in [0.717, 1.165) is 6.07 Å². The van der Waals surface area contributed by atoms with Crippen molar-refractivity contribution < 1.29 is 22.8 Å². The summed E-state index contributed by atoms with van der Waals surface area (Å²) in [6.07, 6.45) is 0. The maximum absolute atomic E-state index is 12.6. The van der Waals surface area contributed by atoms with Crippen molar-refractivity contribution in [3.8, 4) is 11.5 Å². The zero-order valence-corrected chi connectivity index (χ0v) is 17.0. The van der Waals surface area contributed by atoms with Crippen LogP contribution in [0.5, 0.6) is 11.5 Å².